The summed E-state index contributed by atoms with van der Waals surface area (Å²) < 4.78 is 36.6. The molecule has 0 saturated heterocycles. The van der Waals surface area contributed by atoms with Gasteiger partial charge in [0.1, 0.15) is 16.5 Å². The topological polar surface area (TPSA) is 149 Å². The molecule has 0 saturated carbocycles. The van der Waals surface area contributed by atoms with E-state index in [1.54, 1.807) is 19.1 Å². The number of non-ortho nitro benzene ring substituents is 1. The molecule has 0 atom stereocenters. The Hall–Kier alpha value is -4.21. The molecular weight excluding hydrogens is 566 g/mol. The fraction of sp³-hybridized carbons (Fsp3) is 0.120. The van der Waals surface area contributed by atoms with Crippen molar-refractivity contribution >= 4 is 49.4 Å². The van der Waals surface area contributed by atoms with Crippen LogP contribution in [0.4, 0.5) is 11.4 Å². The molecule has 190 valence electrons. The Morgan fingerprint density at radius 3 is 2.38 bits per heavy atom. The second-order valence-electron chi connectivity index (χ2n) is 7.54. The van der Waals surface area contributed by atoms with Gasteiger partial charge in [-0.1, -0.05) is 17.7 Å². The highest BCUT2D eigenvalue weighted by molar-refractivity contribution is 9.10. The Balaban J connectivity index is 1.92. The van der Waals surface area contributed by atoms with E-state index in [0.717, 1.165) is 29.8 Å². The zero-order valence-electron chi connectivity index (χ0n) is 19.6. The molecule has 0 unspecified atom stereocenters. The molecule has 0 aliphatic rings. The van der Waals surface area contributed by atoms with E-state index in [2.05, 4.69) is 21.2 Å². The summed E-state index contributed by atoms with van der Waals surface area (Å²) in [6, 6.07) is 16.0. The lowest BCUT2D eigenvalue weighted by atomic mass is 10.1. The zero-order valence-corrected chi connectivity index (χ0v) is 22.0. The molecule has 3 aromatic rings. The van der Waals surface area contributed by atoms with Crippen LogP contribution in [0, 0.1) is 28.4 Å². The smallest absolute Gasteiger partial charge is 0.339 e. The number of nitrogens with one attached hydrogen (secondary N) is 1. The number of benzene rings is 3. The van der Waals surface area contributed by atoms with Crippen LogP contribution < -0.4 is 14.2 Å². The Morgan fingerprint density at radius 2 is 1.81 bits per heavy atom. The van der Waals surface area contributed by atoms with Crippen LogP contribution in [-0.2, 0) is 14.9 Å². The van der Waals surface area contributed by atoms with E-state index in [-0.39, 0.29) is 38.7 Å². The van der Waals surface area contributed by atoms with Crippen LogP contribution in [-0.4, -0.2) is 25.9 Å². The van der Waals surface area contributed by atoms with Crippen LogP contribution in [0.15, 0.2) is 75.6 Å². The molecule has 10 nitrogen and oxygen atoms in total. The first-order valence-electron chi connectivity index (χ1n) is 10.7. The molecule has 0 heterocycles. The zero-order chi connectivity index (χ0) is 27.2. The maximum absolute atomic E-state index is 12.8. The first kappa shape index (κ1) is 27.4. The van der Waals surface area contributed by atoms with Gasteiger partial charge in [-0.2, -0.15) is 13.7 Å². The molecule has 3 rings (SSSR count). The predicted molar refractivity (Wildman–Crippen MR) is 140 cm³/mol. The monoisotopic (exact) mass is 585 g/mol. The third-order valence-electron chi connectivity index (χ3n) is 4.85. The minimum Gasteiger partial charge on any atom is -0.490 e. The van der Waals surface area contributed by atoms with Crippen molar-refractivity contribution in [3.63, 3.8) is 0 Å². The first-order valence-corrected chi connectivity index (χ1v) is 12.9. The molecule has 37 heavy (non-hydrogen) atoms. The van der Waals surface area contributed by atoms with E-state index in [4.69, 9.17) is 8.92 Å². The van der Waals surface area contributed by atoms with Crippen molar-refractivity contribution in [1.29, 1.82) is 5.26 Å². The third kappa shape index (κ3) is 6.93. The van der Waals surface area contributed by atoms with E-state index < -0.39 is 20.9 Å². The number of hydrogen-bond acceptors (Lipinski definition) is 8. The van der Waals surface area contributed by atoms with Crippen LogP contribution in [0.1, 0.15) is 18.1 Å². The summed E-state index contributed by atoms with van der Waals surface area (Å²) in [6.45, 7) is 3.75. The number of amides is 1. The Morgan fingerprint density at radius 1 is 1.16 bits per heavy atom. The number of nitro benzene ring substituents is 1. The van der Waals surface area contributed by atoms with Gasteiger partial charge in [0.25, 0.3) is 11.6 Å². The highest BCUT2D eigenvalue weighted by atomic mass is 79.9. The number of ether oxygens (including phenoxy) is 1. The molecule has 3 aromatic carbocycles. The third-order valence-corrected chi connectivity index (χ3v) is 6.67. The Labute approximate surface area is 221 Å². The van der Waals surface area contributed by atoms with Crippen molar-refractivity contribution in [2.24, 2.45) is 0 Å². The SMILES string of the molecule is CCOc1cc(/C=C(/C#N)C(=O)Nc2ccc(C)cc2)cc(Br)c1OS(=O)(=O)c1ccc([N+](=O)[O-])cc1. The summed E-state index contributed by atoms with van der Waals surface area (Å²) >= 11 is 3.26. The van der Waals surface area contributed by atoms with E-state index in [1.165, 1.54) is 18.2 Å². The van der Waals surface area contributed by atoms with Crippen molar-refractivity contribution in [3.8, 4) is 17.6 Å². The largest absolute Gasteiger partial charge is 0.490 e. The first-order chi connectivity index (χ1) is 17.5. The van der Waals surface area contributed by atoms with Crippen LogP contribution in [0.25, 0.3) is 6.08 Å². The normalized spacial score (nSPS) is 11.4. The van der Waals surface area contributed by atoms with Gasteiger partial charge in [0.15, 0.2) is 11.5 Å². The van der Waals surface area contributed by atoms with Gasteiger partial charge in [0.2, 0.25) is 0 Å². The maximum atomic E-state index is 12.8. The second-order valence-corrected chi connectivity index (χ2v) is 9.94. The van der Waals surface area contributed by atoms with Gasteiger partial charge in [0.05, 0.1) is 16.0 Å². The number of nitro groups is 1. The molecule has 0 aliphatic heterocycles. The molecule has 0 fully saturated rings. The van der Waals surface area contributed by atoms with Crippen molar-refractivity contribution < 1.29 is 27.1 Å². The van der Waals surface area contributed by atoms with Crippen molar-refractivity contribution in [2.45, 2.75) is 18.7 Å². The van der Waals surface area contributed by atoms with Crippen LogP contribution >= 0.6 is 15.9 Å². The average Bonchev–Trinajstić information content (AvgIpc) is 2.86. The second kappa shape index (κ2) is 11.7. The molecule has 0 aliphatic carbocycles. The Kier molecular flexibility index (Phi) is 8.65. The van der Waals surface area contributed by atoms with Gasteiger partial charge in [-0.05, 0) is 77.8 Å². The van der Waals surface area contributed by atoms with Crippen LogP contribution in [0.5, 0.6) is 11.5 Å². The number of carbonyl (C=O) groups excluding carboxylic acids is 1. The molecule has 1 amide bonds. The van der Waals surface area contributed by atoms with Gasteiger partial charge in [0, 0.05) is 17.8 Å². The van der Waals surface area contributed by atoms with E-state index in [1.807, 2.05) is 25.1 Å². The summed E-state index contributed by atoms with van der Waals surface area (Å²) in [5.41, 5.74) is 1.44. The Bertz CT molecular complexity index is 1510. The lowest BCUT2D eigenvalue weighted by molar-refractivity contribution is -0.384. The summed E-state index contributed by atoms with van der Waals surface area (Å²) in [7, 11) is -4.38. The van der Waals surface area contributed by atoms with E-state index >= 15 is 0 Å². The lowest BCUT2D eigenvalue weighted by Gasteiger charge is -2.14. The van der Waals surface area contributed by atoms with Crippen LogP contribution in [0.2, 0.25) is 0 Å². The number of rotatable bonds is 9. The molecule has 1 N–H and O–H groups in total. The van der Waals surface area contributed by atoms with E-state index in [0.29, 0.717) is 11.3 Å². The maximum Gasteiger partial charge on any atom is 0.339 e. The minimum absolute atomic E-state index is 0.0323. The summed E-state index contributed by atoms with van der Waals surface area (Å²) in [6.07, 6.45) is 1.32. The fourth-order valence-electron chi connectivity index (χ4n) is 3.06. The predicted octanol–water partition coefficient (Wildman–Crippen LogP) is 5.38. The van der Waals surface area contributed by atoms with Gasteiger partial charge >= 0.3 is 10.1 Å². The van der Waals surface area contributed by atoms with Gasteiger partial charge in [-0.15, -0.1) is 0 Å². The molecule has 12 heteroatoms. The van der Waals surface area contributed by atoms with Gasteiger partial charge < -0.3 is 14.2 Å². The molecule has 0 aromatic heterocycles. The number of nitrogens with zero attached hydrogens (tertiary/aromatic N) is 2. The van der Waals surface area contributed by atoms with Crippen LogP contribution in [0.3, 0.4) is 0 Å². The minimum atomic E-state index is -4.38. The van der Waals surface area contributed by atoms with Gasteiger partial charge in [-0.3, -0.25) is 14.9 Å². The number of carbonyl (C=O) groups is 1. The highest BCUT2D eigenvalue weighted by Crippen LogP contribution is 2.39. The standard InChI is InChI=1S/C25H20BrN3O7S/c1-3-35-23-14-17(12-18(15-27)25(30)28-19-6-4-16(2)5-7-19)13-22(26)24(23)36-37(33,34)21-10-8-20(9-11-21)29(31)32/h4-14H,3H2,1-2H3,(H,28,30)/b18-12-. The number of halogens is 1. The fourth-order valence-corrected chi connectivity index (χ4v) is 4.66. The quantitative estimate of drug-likeness (QED) is 0.116. The number of nitriles is 1. The number of aryl methyl sites for hydroxylation is 1. The molecule has 0 bridgehead atoms. The van der Waals surface area contributed by atoms with Crippen molar-refractivity contribution in [3.05, 3.63) is 92.0 Å². The van der Waals surface area contributed by atoms with Gasteiger partial charge in [-0.25, -0.2) is 0 Å². The van der Waals surface area contributed by atoms with Crippen molar-refractivity contribution in [1.82, 2.24) is 0 Å². The number of hydrogen-bond donors (Lipinski definition) is 1. The molecular formula is C25H20BrN3O7S. The molecule has 0 spiro atoms. The summed E-state index contributed by atoms with van der Waals surface area (Å²) in [4.78, 5) is 22.5. The number of anilines is 1. The highest BCUT2D eigenvalue weighted by Gasteiger charge is 2.23. The summed E-state index contributed by atoms with van der Waals surface area (Å²) in [5, 5.41) is 23.0. The average molecular weight is 586 g/mol. The molecule has 0 radical (unpaired) electrons. The van der Waals surface area contributed by atoms with E-state index in [9.17, 15) is 28.6 Å². The lowest BCUT2D eigenvalue weighted by Crippen LogP contribution is -2.13. The van der Waals surface area contributed by atoms with Crippen molar-refractivity contribution in [2.75, 3.05) is 11.9 Å². The summed E-state index contributed by atoms with van der Waals surface area (Å²) in [5.74, 6) is -0.758.